The zero-order valence-corrected chi connectivity index (χ0v) is 13.8. The SMILES string of the molecule is CN(CC(=O)Nc1ccncc1)[C@@H]1CCCN(c2cccnn2)C1. The third kappa shape index (κ3) is 4.26. The second kappa shape index (κ2) is 7.83. The third-order valence-electron chi connectivity index (χ3n) is 4.26. The van der Waals surface area contributed by atoms with Crippen LogP contribution in [0.15, 0.2) is 42.9 Å². The molecule has 2 aromatic heterocycles. The Morgan fingerprint density at radius 1 is 1.33 bits per heavy atom. The van der Waals surface area contributed by atoms with Gasteiger partial charge in [-0.3, -0.25) is 14.7 Å². The second-order valence-corrected chi connectivity index (χ2v) is 6.02. The maximum atomic E-state index is 12.2. The van der Waals surface area contributed by atoms with Gasteiger partial charge in [0.2, 0.25) is 5.91 Å². The van der Waals surface area contributed by atoms with Gasteiger partial charge < -0.3 is 10.2 Å². The number of carbonyl (C=O) groups is 1. The zero-order valence-electron chi connectivity index (χ0n) is 13.8. The lowest BCUT2D eigenvalue weighted by Crippen LogP contribution is -2.48. The van der Waals surface area contributed by atoms with E-state index in [1.54, 1.807) is 30.7 Å². The van der Waals surface area contributed by atoms with E-state index < -0.39 is 0 Å². The van der Waals surface area contributed by atoms with E-state index in [1.165, 1.54) is 0 Å². The maximum Gasteiger partial charge on any atom is 0.238 e. The van der Waals surface area contributed by atoms with Gasteiger partial charge in [-0.05, 0) is 44.2 Å². The maximum absolute atomic E-state index is 12.2. The fourth-order valence-electron chi connectivity index (χ4n) is 2.98. The standard InChI is InChI=1S/C17H22N6O/c1-22(13-17(24)20-14-6-9-18-10-7-14)15-4-3-11-23(12-15)16-5-2-8-19-21-16/h2,5-10,15H,3-4,11-13H2,1H3,(H,18,20,24)/t15-/m1/s1. The van der Waals surface area contributed by atoms with E-state index in [0.29, 0.717) is 12.6 Å². The molecule has 1 saturated heterocycles. The molecule has 0 aromatic carbocycles. The van der Waals surface area contributed by atoms with Gasteiger partial charge >= 0.3 is 0 Å². The van der Waals surface area contributed by atoms with Gasteiger partial charge in [-0.1, -0.05) is 0 Å². The van der Waals surface area contributed by atoms with Crippen LogP contribution in [0.2, 0.25) is 0 Å². The number of anilines is 2. The van der Waals surface area contributed by atoms with Crippen LogP contribution in [0.3, 0.4) is 0 Å². The van der Waals surface area contributed by atoms with E-state index in [1.807, 2.05) is 19.2 Å². The molecule has 0 unspecified atom stereocenters. The van der Waals surface area contributed by atoms with Crippen molar-refractivity contribution in [1.29, 1.82) is 0 Å². The normalized spacial score (nSPS) is 17.8. The number of carbonyl (C=O) groups excluding carboxylic acids is 1. The molecule has 1 N–H and O–H groups in total. The molecule has 1 atom stereocenters. The Morgan fingerprint density at radius 2 is 2.17 bits per heavy atom. The predicted octanol–water partition coefficient (Wildman–Crippen LogP) is 1.41. The zero-order chi connectivity index (χ0) is 16.8. The van der Waals surface area contributed by atoms with Crippen LogP contribution in [0.1, 0.15) is 12.8 Å². The molecule has 1 aliphatic rings. The lowest BCUT2D eigenvalue weighted by Gasteiger charge is -2.37. The van der Waals surface area contributed by atoms with Crippen molar-refractivity contribution in [2.24, 2.45) is 0 Å². The topological polar surface area (TPSA) is 74.2 Å². The number of nitrogens with one attached hydrogen (secondary N) is 1. The molecule has 1 aliphatic heterocycles. The summed E-state index contributed by atoms with van der Waals surface area (Å²) in [4.78, 5) is 20.5. The molecule has 2 aromatic rings. The summed E-state index contributed by atoms with van der Waals surface area (Å²) in [5, 5.41) is 11.0. The van der Waals surface area contributed by atoms with Crippen molar-refractivity contribution < 1.29 is 4.79 Å². The Balaban J connectivity index is 1.54. The predicted molar refractivity (Wildman–Crippen MR) is 92.8 cm³/mol. The van der Waals surface area contributed by atoms with Crippen molar-refractivity contribution >= 4 is 17.4 Å². The highest BCUT2D eigenvalue weighted by molar-refractivity contribution is 5.92. The van der Waals surface area contributed by atoms with Crippen LogP contribution in [0.5, 0.6) is 0 Å². The number of hydrogen-bond acceptors (Lipinski definition) is 6. The van der Waals surface area contributed by atoms with Gasteiger partial charge in [-0.15, -0.1) is 5.10 Å². The lowest BCUT2D eigenvalue weighted by molar-refractivity contribution is -0.117. The van der Waals surface area contributed by atoms with Crippen LogP contribution in [0.25, 0.3) is 0 Å². The summed E-state index contributed by atoms with van der Waals surface area (Å²) in [5.41, 5.74) is 0.772. The first-order valence-corrected chi connectivity index (χ1v) is 8.15. The molecule has 7 heteroatoms. The van der Waals surface area contributed by atoms with E-state index in [9.17, 15) is 4.79 Å². The van der Waals surface area contributed by atoms with E-state index in [-0.39, 0.29) is 5.91 Å². The molecular formula is C17H22N6O. The summed E-state index contributed by atoms with van der Waals surface area (Å²) in [5.74, 6) is 0.886. The minimum atomic E-state index is -0.0136. The van der Waals surface area contributed by atoms with Crippen molar-refractivity contribution in [3.05, 3.63) is 42.9 Å². The van der Waals surface area contributed by atoms with Crippen LogP contribution < -0.4 is 10.2 Å². The summed E-state index contributed by atoms with van der Waals surface area (Å²) in [6.07, 6.45) is 7.17. The molecule has 1 fully saturated rings. The first-order valence-electron chi connectivity index (χ1n) is 8.15. The largest absolute Gasteiger partial charge is 0.354 e. The van der Waals surface area contributed by atoms with E-state index in [0.717, 1.165) is 37.4 Å². The highest BCUT2D eigenvalue weighted by Crippen LogP contribution is 2.19. The van der Waals surface area contributed by atoms with Crippen molar-refractivity contribution in [3.8, 4) is 0 Å². The smallest absolute Gasteiger partial charge is 0.238 e. The number of amides is 1. The van der Waals surface area contributed by atoms with Crippen molar-refractivity contribution in [1.82, 2.24) is 20.1 Å². The molecule has 1 amide bonds. The Morgan fingerprint density at radius 3 is 2.92 bits per heavy atom. The van der Waals surface area contributed by atoms with Crippen LogP contribution >= 0.6 is 0 Å². The third-order valence-corrected chi connectivity index (χ3v) is 4.26. The minimum Gasteiger partial charge on any atom is -0.354 e. The molecule has 24 heavy (non-hydrogen) atoms. The number of likely N-dealkylation sites (N-methyl/N-ethyl adjacent to an activating group) is 1. The van der Waals surface area contributed by atoms with Crippen LogP contribution in [0.4, 0.5) is 11.5 Å². The molecule has 0 aliphatic carbocycles. The molecule has 0 radical (unpaired) electrons. The summed E-state index contributed by atoms with van der Waals surface area (Å²) < 4.78 is 0. The highest BCUT2D eigenvalue weighted by Gasteiger charge is 2.25. The fourth-order valence-corrected chi connectivity index (χ4v) is 2.98. The van der Waals surface area contributed by atoms with Gasteiger partial charge in [0.1, 0.15) is 0 Å². The van der Waals surface area contributed by atoms with Crippen molar-refractivity contribution in [3.63, 3.8) is 0 Å². The van der Waals surface area contributed by atoms with E-state index in [2.05, 4.69) is 30.3 Å². The summed E-state index contributed by atoms with van der Waals surface area (Å²) in [6, 6.07) is 7.77. The van der Waals surface area contributed by atoms with Gasteiger partial charge in [0, 0.05) is 43.4 Å². The number of rotatable bonds is 5. The van der Waals surface area contributed by atoms with Crippen molar-refractivity contribution in [2.45, 2.75) is 18.9 Å². The molecule has 7 nitrogen and oxygen atoms in total. The molecule has 0 spiro atoms. The second-order valence-electron chi connectivity index (χ2n) is 6.02. The Labute approximate surface area is 141 Å². The van der Waals surface area contributed by atoms with Gasteiger partial charge in [-0.25, -0.2) is 0 Å². The van der Waals surface area contributed by atoms with Crippen molar-refractivity contribution in [2.75, 3.05) is 36.9 Å². The Hall–Kier alpha value is -2.54. The molecular weight excluding hydrogens is 304 g/mol. The monoisotopic (exact) mass is 326 g/mol. The number of nitrogens with zero attached hydrogens (tertiary/aromatic N) is 5. The lowest BCUT2D eigenvalue weighted by atomic mass is 10.0. The molecule has 0 saturated carbocycles. The molecule has 3 heterocycles. The number of piperidine rings is 1. The van der Waals surface area contributed by atoms with Gasteiger partial charge in [0.15, 0.2) is 5.82 Å². The quantitative estimate of drug-likeness (QED) is 0.895. The number of hydrogen-bond donors (Lipinski definition) is 1. The molecule has 3 rings (SSSR count). The summed E-state index contributed by atoms with van der Waals surface area (Å²) >= 11 is 0. The van der Waals surface area contributed by atoms with E-state index >= 15 is 0 Å². The van der Waals surface area contributed by atoms with Crippen LogP contribution in [0, 0.1) is 0 Å². The average molecular weight is 326 g/mol. The number of aromatic nitrogens is 3. The Kier molecular flexibility index (Phi) is 5.32. The molecule has 126 valence electrons. The van der Waals surface area contributed by atoms with Gasteiger partial charge in [-0.2, -0.15) is 5.10 Å². The summed E-state index contributed by atoms with van der Waals surface area (Å²) in [6.45, 7) is 2.20. The average Bonchev–Trinajstić information content (AvgIpc) is 2.63. The van der Waals surface area contributed by atoms with Crippen LogP contribution in [-0.2, 0) is 4.79 Å². The summed E-state index contributed by atoms with van der Waals surface area (Å²) in [7, 11) is 2.00. The molecule has 0 bridgehead atoms. The number of pyridine rings is 1. The first-order chi connectivity index (χ1) is 11.7. The first kappa shape index (κ1) is 16.3. The highest BCUT2D eigenvalue weighted by atomic mass is 16.2. The van der Waals surface area contributed by atoms with Crippen LogP contribution in [-0.4, -0.2) is 58.7 Å². The minimum absolute atomic E-state index is 0.0136. The fraction of sp³-hybridized carbons (Fsp3) is 0.412. The van der Waals surface area contributed by atoms with Gasteiger partial charge in [0.05, 0.1) is 6.54 Å². The van der Waals surface area contributed by atoms with E-state index in [4.69, 9.17) is 0 Å². The Bertz CT molecular complexity index is 651. The van der Waals surface area contributed by atoms with Gasteiger partial charge in [0.25, 0.3) is 0 Å².